The number of esters is 1. The molecule has 0 saturated heterocycles. The average Bonchev–Trinajstić information content (AvgIpc) is 3.26. The first kappa shape index (κ1) is 18.4. The Morgan fingerprint density at radius 1 is 1.24 bits per heavy atom. The zero-order valence-corrected chi connectivity index (χ0v) is 15.7. The van der Waals surface area contributed by atoms with Gasteiger partial charge in [0.15, 0.2) is 11.2 Å². The second kappa shape index (κ2) is 7.19. The summed E-state index contributed by atoms with van der Waals surface area (Å²) in [7, 11) is 1.57. The topological polar surface area (TPSA) is 108 Å². The van der Waals surface area contributed by atoms with Crippen LogP contribution < -0.4 is 11.0 Å². The molecule has 29 heavy (non-hydrogen) atoms. The van der Waals surface area contributed by atoms with Gasteiger partial charge in [-0.2, -0.15) is 4.99 Å². The van der Waals surface area contributed by atoms with E-state index >= 15 is 0 Å². The first-order valence-electron chi connectivity index (χ1n) is 8.82. The molecule has 0 unspecified atom stereocenters. The van der Waals surface area contributed by atoms with Crippen molar-refractivity contribution >= 4 is 28.6 Å². The Morgan fingerprint density at radius 2 is 2.07 bits per heavy atom. The fourth-order valence-corrected chi connectivity index (χ4v) is 3.01. The average molecular weight is 392 g/mol. The number of aryl methyl sites for hydroxylation is 1. The molecule has 0 fully saturated rings. The highest BCUT2D eigenvalue weighted by molar-refractivity contribution is 5.95. The van der Waals surface area contributed by atoms with Crippen LogP contribution in [0.2, 0.25) is 0 Å². The number of hydrogen-bond donors (Lipinski definition) is 0. The number of fused-ring (bicyclic) bond motifs is 2. The van der Waals surface area contributed by atoms with Gasteiger partial charge in [0.25, 0.3) is 5.56 Å². The third-order valence-electron chi connectivity index (χ3n) is 4.35. The summed E-state index contributed by atoms with van der Waals surface area (Å²) in [5.41, 5.74) is 0.352. The van der Waals surface area contributed by atoms with Crippen LogP contribution in [0.15, 0.2) is 63.1 Å². The molecule has 146 valence electrons. The number of furan rings is 1. The van der Waals surface area contributed by atoms with E-state index in [-0.39, 0.29) is 40.0 Å². The normalized spacial score (nSPS) is 11.9. The molecule has 0 saturated carbocycles. The predicted octanol–water partition coefficient (Wildman–Crippen LogP) is 1.70. The Hall–Kier alpha value is -4.01. The maximum absolute atomic E-state index is 12.9. The first-order chi connectivity index (χ1) is 14.0. The van der Waals surface area contributed by atoms with Gasteiger partial charge >= 0.3 is 11.9 Å². The summed E-state index contributed by atoms with van der Waals surface area (Å²) >= 11 is 0. The highest BCUT2D eigenvalue weighted by atomic mass is 16.5. The number of amides is 1. The number of carbonyl (C=O) groups is 2. The zero-order valence-electron chi connectivity index (χ0n) is 15.7. The first-order valence-corrected chi connectivity index (χ1v) is 8.82. The van der Waals surface area contributed by atoms with Gasteiger partial charge < -0.3 is 13.7 Å². The van der Waals surface area contributed by atoms with Gasteiger partial charge in [0.05, 0.1) is 18.3 Å². The van der Waals surface area contributed by atoms with E-state index in [0.717, 1.165) is 0 Å². The standard InChI is InChI=1S/C20H16N4O5/c1-3-28-20(27)13-11-12-16(21-15-8-4-5-9-24(15)19(12)26)23(2)17(13)22-18(25)14-7-6-10-29-14/h4-11H,3H2,1-2H3. The number of rotatable bonds is 3. The molecule has 1 amide bonds. The van der Waals surface area contributed by atoms with E-state index in [4.69, 9.17) is 9.15 Å². The summed E-state index contributed by atoms with van der Waals surface area (Å²) in [6.07, 6.45) is 2.94. The molecule has 9 heteroatoms. The lowest BCUT2D eigenvalue weighted by Crippen LogP contribution is -2.31. The van der Waals surface area contributed by atoms with E-state index in [1.165, 1.54) is 27.4 Å². The second-order valence-electron chi connectivity index (χ2n) is 6.14. The minimum atomic E-state index is -0.700. The van der Waals surface area contributed by atoms with Gasteiger partial charge in [-0.3, -0.25) is 14.0 Å². The lowest BCUT2D eigenvalue weighted by atomic mass is 10.2. The van der Waals surface area contributed by atoms with Crippen LogP contribution in [0.4, 0.5) is 0 Å². The third-order valence-corrected chi connectivity index (χ3v) is 4.35. The molecule has 4 aromatic heterocycles. The Morgan fingerprint density at radius 3 is 2.79 bits per heavy atom. The van der Waals surface area contributed by atoms with Gasteiger partial charge in [-0.1, -0.05) is 6.07 Å². The molecule has 0 N–H and O–H groups in total. The van der Waals surface area contributed by atoms with Crippen LogP contribution in [0.3, 0.4) is 0 Å². The molecule has 9 nitrogen and oxygen atoms in total. The lowest BCUT2D eigenvalue weighted by molar-refractivity contribution is 0.0523. The summed E-state index contributed by atoms with van der Waals surface area (Å²) in [5, 5.41) is 0.198. The largest absolute Gasteiger partial charge is 0.462 e. The van der Waals surface area contributed by atoms with Gasteiger partial charge in [-0.15, -0.1) is 0 Å². The Balaban J connectivity index is 2.10. The highest BCUT2D eigenvalue weighted by Gasteiger charge is 2.19. The van der Waals surface area contributed by atoms with Crippen molar-refractivity contribution in [2.75, 3.05) is 6.61 Å². The molecular formula is C20H16N4O5. The zero-order chi connectivity index (χ0) is 20.5. The second-order valence-corrected chi connectivity index (χ2v) is 6.14. The number of pyridine rings is 2. The molecular weight excluding hydrogens is 376 g/mol. The van der Waals surface area contributed by atoms with Crippen molar-refractivity contribution in [3.63, 3.8) is 0 Å². The summed E-state index contributed by atoms with van der Waals surface area (Å²) in [6, 6.07) is 9.53. The van der Waals surface area contributed by atoms with Crippen molar-refractivity contribution in [2.24, 2.45) is 12.0 Å². The van der Waals surface area contributed by atoms with Gasteiger partial charge in [0.2, 0.25) is 0 Å². The maximum atomic E-state index is 12.9. The highest BCUT2D eigenvalue weighted by Crippen LogP contribution is 2.11. The van der Waals surface area contributed by atoms with E-state index in [0.29, 0.717) is 5.65 Å². The van der Waals surface area contributed by atoms with Crippen molar-refractivity contribution < 1.29 is 18.7 Å². The molecule has 4 rings (SSSR count). The molecule has 0 bridgehead atoms. The number of aromatic nitrogens is 3. The predicted molar refractivity (Wildman–Crippen MR) is 102 cm³/mol. The summed E-state index contributed by atoms with van der Waals surface area (Å²) in [6.45, 7) is 1.79. The minimum Gasteiger partial charge on any atom is -0.462 e. The molecule has 0 aliphatic heterocycles. The van der Waals surface area contributed by atoms with E-state index in [2.05, 4.69) is 9.98 Å². The molecule has 4 heterocycles. The van der Waals surface area contributed by atoms with Crippen LogP contribution in [0.5, 0.6) is 0 Å². The van der Waals surface area contributed by atoms with Gasteiger partial charge in [-0.05, 0) is 37.3 Å². The fraction of sp³-hybridized carbons (Fsp3) is 0.150. The van der Waals surface area contributed by atoms with Crippen LogP contribution in [-0.4, -0.2) is 32.4 Å². The van der Waals surface area contributed by atoms with Crippen LogP contribution >= 0.6 is 0 Å². The van der Waals surface area contributed by atoms with Crippen molar-refractivity contribution in [3.8, 4) is 0 Å². The fourth-order valence-electron chi connectivity index (χ4n) is 3.01. The van der Waals surface area contributed by atoms with Gasteiger partial charge in [-0.25, -0.2) is 9.78 Å². The Kier molecular flexibility index (Phi) is 4.55. The van der Waals surface area contributed by atoms with Gasteiger partial charge in [0, 0.05) is 13.2 Å². The smallest absolute Gasteiger partial charge is 0.341 e. The summed E-state index contributed by atoms with van der Waals surface area (Å²) in [4.78, 5) is 46.5. The quantitative estimate of drug-likeness (QED) is 0.388. The van der Waals surface area contributed by atoms with Crippen molar-refractivity contribution in [1.29, 1.82) is 0 Å². The number of ether oxygens (including phenoxy) is 1. The van der Waals surface area contributed by atoms with Crippen molar-refractivity contribution in [2.45, 2.75) is 6.92 Å². The van der Waals surface area contributed by atoms with E-state index in [9.17, 15) is 14.4 Å². The Bertz CT molecular complexity index is 1380. The molecule has 0 aromatic carbocycles. The lowest BCUT2D eigenvalue weighted by Gasteiger charge is -2.11. The molecule has 0 aliphatic rings. The number of nitrogens with zero attached hydrogens (tertiary/aromatic N) is 4. The van der Waals surface area contributed by atoms with Crippen LogP contribution in [-0.2, 0) is 11.8 Å². The summed E-state index contributed by atoms with van der Waals surface area (Å²) in [5.74, 6) is -1.35. The monoisotopic (exact) mass is 392 g/mol. The van der Waals surface area contributed by atoms with Crippen molar-refractivity contribution in [3.05, 3.63) is 76.0 Å². The van der Waals surface area contributed by atoms with E-state index in [1.54, 1.807) is 44.4 Å². The molecule has 0 aliphatic carbocycles. The van der Waals surface area contributed by atoms with Crippen LogP contribution in [0, 0.1) is 0 Å². The van der Waals surface area contributed by atoms with Crippen molar-refractivity contribution in [1.82, 2.24) is 14.0 Å². The molecule has 0 radical (unpaired) electrons. The van der Waals surface area contributed by atoms with Gasteiger partial charge in [0.1, 0.15) is 16.9 Å². The molecule has 4 aromatic rings. The number of carbonyl (C=O) groups excluding carboxylic acids is 2. The minimum absolute atomic E-state index is 0.0171. The van der Waals surface area contributed by atoms with Crippen LogP contribution in [0.25, 0.3) is 16.7 Å². The van der Waals surface area contributed by atoms with E-state index in [1.807, 2.05) is 0 Å². The SMILES string of the molecule is CCOC(=O)c1cc2c(=O)n3ccccc3nc2n(C)c1=NC(=O)c1ccco1. The molecule has 0 atom stereocenters. The Labute approximate surface area is 163 Å². The third kappa shape index (κ3) is 3.12. The molecule has 0 spiro atoms. The van der Waals surface area contributed by atoms with E-state index < -0.39 is 11.9 Å². The summed E-state index contributed by atoms with van der Waals surface area (Å²) < 4.78 is 13.0. The van der Waals surface area contributed by atoms with Crippen LogP contribution in [0.1, 0.15) is 27.8 Å². The number of hydrogen-bond acceptors (Lipinski definition) is 6. The maximum Gasteiger partial charge on any atom is 0.341 e.